The van der Waals surface area contributed by atoms with E-state index in [2.05, 4.69) is 10.3 Å². The third-order valence-electron chi connectivity index (χ3n) is 4.49. The highest BCUT2D eigenvalue weighted by Crippen LogP contribution is 2.30. The summed E-state index contributed by atoms with van der Waals surface area (Å²) in [6, 6.07) is 18.3. The van der Waals surface area contributed by atoms with Gasteiger partial charge in [0.15, 0.2) is 0 Å². The Labute approximate surface area is 152 Å². The molecule has 0 aliphatic rings. The normalized spacial score (nSPS) is 11.3. The van der Waals surface area contributed by atoms with Gasteiger partial charge >= 0.3 is 0 Å². The number of furan rings is 1. The highest BCUT2D eigenvalue weighted by Gasteiger charge is 2.14. The zero-order valence-corrected chi connectivity index (χ0v) is 14.0. The van der Waals surface area contributed by atoms with Gasteiger partial charge in [0.1, 0.15) is 22.4 Å². The number of carbonyl (C=O) groups excluding carboxylic acids is 1. The van der Waals surface area contributed by atoms with Crippen LogP contribution in [-0.2, 0) is 0 Å². The number of hydrogen-bond donors (Lipinski definition) is 1. The second-order valence-corrected chi connectivity index (χ2v) is 6.17. The number of hydrogen-bond acceptors (Lipinski definition) is 4. The third kappa shape index (κ3) is 2.46. The van der Waals surface area contributed by atoms with E-state index in [-0.39, 0.29) is 5.56 Å². The summed E-state index contributed by atoms with van der Waals surface area (Å²) in [4.78, 5) is 29.4. The number of carbonyl (C=O) groups is 1. The zero-order chi connectivity index (χ0) is 18.4. The molecule has 0 aliphatic heterocycles. The van der Waals surface area contributed by atoms with E-state index in [1.165, 1.54) is 10.6 Å². The minimum Gasteiger partial charge on any atom is -0.456 e. The highest BCUT2D eigenvalue weighted by atomic mass is 16.3. The summed E-state index contributed by atoms with van der Waals surface area (Å²) in [6.45, 7) is 0. The van der Waals surface area contributed by atoms with Gasteiger partial charge in [0.05, 0.1) is 0 Å². The monoisotopic (exact) mass is 355 g/mol. The molecule has 6 nitrogen and oxygen atoms in total. The van der Waals surface area contributed by atoms with Crippen molar-refractivity contribution >= 4 is 39.2 Å². The average molecular weight is 355 g/mol. The van der Waals surface area contributed by atoms with Gasteiger partial charge in [-0.1, -0.05) is 24.3 Å². The number of nitrogens with zero attached hydrogens (tertiary/aromatic N) is 2. The minimum absolute atomic E-state index is 0.0177. The van der Waals surface area contributed by atoms with Crippen molar-refractivity contribution in [1.29, 1.82) is 0 Å². The van der Waals surface area contributed by atoms with E-state index in [4.69, 9.17) is 4.42 Å². The van der Waals surface area contributed by atoms with Crippen molar-refractivity contribution in [2.24, 2.45) is 0 Å². The standard InChI is InChI=1S/C21H13N3O3/c25-20(16-12-22-19-7-3-4-10-24(19)21(16)26)23-13-8-9-18-15(11-13)14-5-1-2-6-17(14)27-18/h1-12H,(H,23,25). The predicted octanol–water partition coefficient (Wildman–Crippen LogP) is 3.85. The second-order valence-electron chi connectivity index (χ2n) is 6.17. The molecule has 0 unspecified atom stereocenters. The van der Waals surface area contributed by atoms with Crippen molar-refractivity contribution in [3.05, 3.63) is 89.0 Å². The molecule has 0 aliphatic carbocycles. The van der Waals surface area contributed by atoms with E-state index < -0.39 is 11.5 Å². The topological polar surface area (TPSA) is 76.6 Å². The largest absolute Gasteiger partial charge is 0.456 e. The number of anilines is 1. The first-order chi connectivity index (χ1) is 13.2. The molecule has 3 aromatic heterocycles. The zero-order valence-electron chi connectivity index (χ0n) is 14.0. The molecule has 5 rings (SSSR count). The molecule has 0 bridgehead atoms. The lowest BCUT2D eigenvalue weighted by atomic mass is 10.1. The molecular weight excluding hydrogens is 342 g/mol. The number of fused-ring (bicyclic) bond motifs is 4. The number of aromatic nitrogens is 2. The smallest absolute Gasteiger partial charge is 0.270 e. The Morgan fingerprint density at radius 2 is 1.78 bits per heavy atom. The number of pyridine rings is 1. The van der Waals surface area contributed by atoms with Crippen LogP contribution >= 0.6 is 0 Å². The number of benzene rings is 2. The molecule has 2 aromatic carbocycles. The highest BCUT2D eigenvalue weighted by molar-refractivity contribution is 6.09. The van der Waals surface area contributed by atoms with Gasteiger partial charge in [0.25, 0.3) is 11.5 Å². The minimum atomic E-state index is -0.502. The number of amides is 1. The molecule has 0 fully saturated rings. The Kier molecular flexibility index (Phi) is 3.30. The number of para-hydroxylation sites is 1. The lowest BCUT2D eigenvalue weighted by molar-refractivity contribution is 0.102. The molecule has 0 saturated heterocycles. The van der Waals surface area contributed by atoms with E-state index in [0.29, 0.717) is 11.3 Å². The summed E-state index contributed by atoms with van der Waals surface area (Å²) in [6.07, 6.45) is 2.89. The van der Waals surface area contributed by atoms with E-state index >= 15 is 0 Å². The summed E-state index contributed by atoms with van der Waals surface area (Å²) in [7, 11) is 0. The van der Waals surface area contributed by atoms with Crippen LogP contribution in [-0.4, -0.2) is 15.3 Å². The molecular formula is C21H13N3O3. The SMILES string of the molecule is O=C(Nc1ccc2oc3ccccc3c2c1)c1cnc2ccccn2c1=O. The van der Waals surface area contributed by atoms with Crippen LogP contribution in [0.2, 0.25) is 0 Å². The quantitative estimate of drug-likeness (QED) is 0.522. The van der Waals surface area contributed by atoms with Gasteiger partial charge in [-0.3, -0.25) is 14.0 Å². The van der Waals surface area contributed by atoms with Crippen molar-refractivity contribution in [3.8, 4) is 0 Å². The van der Waals surface area contributed by atoms with Crippen LogP contribution in [0.15, 0.2) is 82.3 Å². The Hall–Kier alpha value is -3.93. The van der Waals surface area contributed by atoms with Crippen molar-refractivity contribution in [2.75, 3.05) is 5.32 Å². The first kappa shape index (κ1) is 15.3. The molecule has 27 heavy (non-hydrogen) atoms. The first-order valence-electron chi connectivity index (χ1n) is 8.40. The van der Waals surface area contributed by atoms with Crippen LogP contribution in [0.1, 0.15) is 10.4 Å². The Morgan fingerprint density at radius 3 is 2.70 bits per heavy atom. The molecule has 1 amide bonds. The van der Waals surface area contributed by atoms with Gasteiger partial charge < -0.3 is 9.73 Å². The maximum atomic E-state index is 12.6. The van der Waals surface area contributed by atoms with Gasteiger partial charge in [-0.15, -0.1) is 0 Å². The maximum absolute atomic E-state index is 12.6. The maximum Gasteiger partial charge on any atom is 0.270 e. The van der Waals surface area contributed by atoms with Crippen LogP contribution < -0.4 is 10.9 Å². The molecule has 0 spiro atoms. The van der Waals surface area contributed by atoms with Crippen molar-refractivity contribution in [3.63, 3.8) is 0 Å². The first-order valence-corrected chi connectivity index (χ1v) is 8.40. The molecule has 130 valence electrons. The Bertz CT molecular complexity index is 1400. The van der Waals surface area contributed by atoms with E-state index in [0.717, 1.165) is 21.9 Å². The molecule has 3 heterocycles. The van der Waals surface area contributed by atoms with E-state index in [1.54, 1.807) is 36.5 Å². The van der Waals surface area contributed by atoms with Gasteiger partial charge in [0.2, 0.25) is 0 Å². The van der Waals surface area contributed by atoms with Crippen LogP contribution in [0.5, 0.6) is 0 Å². The number of nitrogens with one attached hydrogen (secondary N) is 1. The van der Waals surface area contributed by atoms with E-state index in [1.807, 2.05) is 30.3 Å². The summed E-state index contributed by atoms with van der Waals surface area (Å²) >= 11 is 0. The van der Waals surface area contributed by atoms with Crippen LogP contribution in [0.4, 0.5) is 5.69 Å². The van der Waals surface area contributed by atoms with Crippen molar-refractivity contribution in [2.45, 2.75) is 0 Å². The molecule has 0 radical (unpaired) electrons. The second kappa shape index (κ2) is 5.81. The Morgan fingerprint density at radius 1 is 0.963 bits per heavy atom. The average Bonchev–Trinajstić information content (AvgIpc) is 3.06. The third-order valence-corrected chi connectivity index (χ3v) is 4.49. The van der Waals surface area contributed by atoms with Gasteiger partial charge in [-0.05, 0) is 36.4 Å². The van der Waals surface area contributed by atoms with Crippen LogP contribution in [0.3, 0.4) is 0 Å². The predicted molar refractivity (Wildman–Crippen MR) is 103 cm³/mol. The fraction of sp³-hybridized carbons (Fsp3) is 0. The summed E-state index contributed by atoms with van der Waals surface area (Å²) in [5.41, 5.74) is 2.17. The summed E-state index contributed by atoms with van der Waals surface area (Å²) in [5, 5.41) is 4.64. The van der Waals surface area contributed by atoms with Crippen molar-refractivity contribution in [1.82, 2.24) is 9.38 Å². The molecule has 5 aromatic rings. The molecule has 0 atom stereocenters. The van der Waals surface area contributed by atoms with E-state index in [9.17, 15) is 9.59 Å². The van der Waals surface area contributed by atoms with Crippen molar-refractivity contribution < 1.29 is 9.21 Å². The molecule has 6 heteroatoms. The van der Waals surface area contributed by atoms with Gasteiger partial charge in [-0.2, -0.15) is 0 Å². The Balaban J connectivity index is 1.55. The van der Waals surface area contributed by atoms with Crippen LogP contribution in [0.25, 0.3) is 27.6 Å². The molecule has 0 saturated carbocycles. The summed E-state index contributed by atoms with van der Waals surface area (Å²) < 4.78 is 7.14. The summed E-state index contributed by atoms with van der Waals surface area (Å²) in [5.74, 6) is -0.502. The van der Waals surface area contributed by atoms with Gasteiger partial charge in [-0.25, -0.2) is 4.98 Å². The fourth-order valence-corrected chi connectivity index (χ4v) is 3.18. The number of rotatable bonds is 2. The van der Waals surface area contributed by atoms with Gasteiger partial charge in [0, 0.05) is 28.9 Å². The fourth-order valence-electron chi connectivity index (χ4n) is 3.18. The van der Waals surface area contributed by atoms with Crippen LogP contribution in [0, 0.1) is 0 Å². The molecule has 1 N–H and O–H groups in total. The lowest BCUT2D eigenvalue weighted by Crippen LogP contribution is -2.26. The lowest BCUT2D eigenvalue weighted by Gasteiger charge is -2.06.